The van der Waals surface area contributed by atoms with Crippen LogP contribution >= 0.6 is 0 Å². The highest BCUT2D eigenvalue weighted by atomic mass is 15.2. The monoisotopic (exact) mass is 213 g/mol. The Morgan fingerprint density at radius 3 is 2.73 bits per heavy atom. The molecule has 1 aliphatic rings. The molecule has 0 aromatic heterocycles. The van der Waals surface area contributed by atoms with Crippen molar-refractivity contribution in [2.75, 3.05) is 40.3 Å². The zero-order valence-electron chi connectivity index (χ0n) is 10.8. The molecule has 90 valence electrons. The summed E-state index contributed by atoms with van der Waals surface area (Å²) in [5.41, 5.74) is 0. The number of hydrogen-bond acceptors (Lipinski definition) is 3. The second-order valence-electron chi connectivity index (χ2n) is 5.14. The zero-order valence-corrected chi connectivity index (χ0v) is 10.8. The molecule has 0 aromatic carbocycles. The predicted octanol–water partition coefficient (Wildman–Crippen LogP) is 1.01. The third kappa shape index (κ3) is 4.96. The van der Waals surface area contributed by atoms with Crippen molar-refractivity contribution < 1.29 is 0 Å². The third-order valence-corrected chi connectivity index (χ3v) is 3.24. The molecule has 0 aromatic rings. The predicted molar refractivity (Wildman–Crippen MR) is 66.3 cm³/mol. The van der Waals surface area contributed by atoms with Crippen molar-refractivity contribution >= 4 is 0 Å². The maximum atomic E-state index is 3.55. The van der Waals surface area contributed by atoms with Gasteiger partial charge in [0.2, 0.25) is 0 Å². The van der Waals surface area contributed by atoms with E-state index in [1.54, 1.807) is 0 Å². The standard InChI is InChI=1S/C12H27N3/c1-11-10-15(9-5-8-14(3)4)12(2)6-7-13-11/h11-13H,5-10H2,1-4H3. The Morgan fingerprint density at radius 2 is 2.07 bits per heavy atom. The quantitative estimate of drug-likeness (QED) is 0.752. The summed E-state index contributed by atoms with van der Waals surface area (Å²) in [4.78, 5) is 4.90. The van der Waals surface area contributed by atoms with Crippen LogP contribution in [0.3, 0.4) is 0 Å². The van der Waals surface area contributed by atoms with E-state index in [1.165, 1.54) is 39.0 Å². The topological polar surface area (TPSA) is 18.5 Å². The van der Waals surface area contributed by atoms with Gasteiger partial charge in [0, 0.05) is 18.6 Å². The summed E-state index contributed by atoms with van der Waals surface area (Å²) in [7, 11) is 4.30. The summed E-state index contributed by atoms with van der Waals surface area (Å²) in [6, 6.07) is 1.39. The minimum absolute atomic E-state index is 0.648. The van der Waals surface area contributed by atoms with E-state index in [4.69, 9.17) is 0 Å². The molecule has 0 aliphatic carbocycles. The third-order valence-electron chi connectivity index (χ3n) is 3.24. The Morgan fingerprint density at radius 1 is 1.33 bits per heavy atom. The average Bonchev–Trinajstić information content (AvgIpc) is 2.29. The molecule has 2 atom stereocenters. The first-order chi connectivity index (χ1) is 7.09. The van der Waals surface area contributed by atoms with Crippen LogP contribution in [0.25, 0.3) is 0 Å². The maximum absolute atomic E-state index is 3.55. The highest BCUT2D eigenvalue weighted by Gasteiger charge is 2.19. The van der Waals surface area contributed by atoms with Crippen LogP contribution in [-0.2, 0) is 0 Å². The van der Waals surface area contributed by atoms with Gasteiger partial charge >= 0.3 is 0 Å². The van der Waals surface area contributed by atoms with Crippen LogP contribution in [0, 0.1) is 0 Å². The molecule has 1 rings (SSSR count). The summed E-state index contributed by atoms with van der Waals surface area (Å²) in [5, 5.41) is 3.55. The molecule has 3 nitrogen and oxygen atoms in total. The van der Waals surface area contributed by atoms with Gasteiger partial charge in [-0.15, -0.1) is 0 Å². The molecular formula is C12H27N3. The van der Waals surface area contributed by atoms with Crippen molar-refractivity contribution in [1.82, 2.24) is 15.1 Å². The second kappa shape index (κ2) is 6.46. The van der Waals surface area contributed by atoms with E-state index >= 15 is 0 Å². The summed E-state index contributed by atoms with van der Waals surface area (Å²) >= 11 is 0. The molecule has 1 aliphatic heterocycles. The molecule has 1 heterocycles. The van der Waals surface area contributed by atoms with Crippen LogP contribution in [0.2, 0.25) is 0 Å². The van der Waals surface area contributed by atoms with Crippen molar-refractivity contribution in [1.29, 1.82) is 0 Å². The molecular weight excluding hydrogens is 186 g/mol. The van der Waals surface area contributed by atoms with E-state index in [-0.39, 0.29) is 0 Å². The lowest BCUT2D eigenvalue weighted by molar-refractivity contribution is 0.197. The van der Waals surface area contributed by atoms with Crippen LogP contribution in [0.5, 0.6) is 0 Å². The molecule has 1 fully saturated rings. The summed E-state index contributed by atoms with van der Waals surface area (Å²) in [5.74, 6) is 0. The number of nitrogens with one attached hydrogen (secondary N) is 1. The average molecular weight is 213 g/mol. The zero-order chi connectivity index (χ0) is 11.3. The second-order valence-corrected chi connectivity index (χ2v) is 5.14. The lowest BCUT2D eigenvalue weighted by Gasteiger charge is -2.28. The SMILES string of the molecule is CC1CN(CCCN(C)C)C(C)CCN1. The van der Waals surface area contributed by atoms with Crippen molar-refractivity contribution in [2.24, 2.45) is 0 Å². The fraction of sp³-hybridized carbons (Fsp3) is 1.00. The largest absolute Gasteiger partial charge is 0.313 e. The van der Waals surface area contributed by atoms with Gasteiger partial charge in [-0.1, -0.05) is 0 Å². The van der Waals surface area contributed by atoms with Gasteiger partial charge in [0.15, 0.2) is 0 Å². The van der Waals surface area contributed by atoms with E-state index in [0.29, 0.717) is 6.04 Å². The number of hydrogen-bond donors (Lipinski definition) is 1. The van der Waals surface area contributed by atoms with Crippen molar-refractivity contribution in [2.45, 2.75) is 38.8 Å². The Kier molecular flexibility index (Phi) is 5.58. The minimum atomic E-state index is 0.648. The minimum Gasteiger partial charge on any atom is -0.313 e. The Balaban J connectivity index is 2.29. The number of nitrogens with zero attached hydrogens (tertiary/aromatic N) is 2. The first-order valence-corrected chi connectivity index (χ1v) is 6.21. The molecule has 0 spiro atoms. The first-order valence-electron chi connectivity index (χ1n) is 6.21. The van der Waals surface area contributed by atoms with Crippen LogP contribution in [0.1, 0.15) is 26.7 Å². The van der Waals surface area contributed by atoms with Crippen LogP contribution in [0.15, 0.2) is 0 Å². The van der Waals surface area contributed by atoms with Crippen LogP contribution < -0.4 is 5.32 Å². The fourth-order valence-corrected chi connectivity index (χ4v) is 2.22. The smallest absolute Gasteiger partial charge is 0.0166 e. The fourth-order valence-electron chi connectivity index (χ4n) is 2.22. The molecule has 15 heavy (non-hydrogen) atoms. The van der Waals surface area contributed by atoms with E-state index in [0.717, 1.165) is 6.04 Å². The van der Waals surface area contributed by atoms with Crippen LogP contribution in [-0.4, -0.2) is 62.2 Å². The van der Waals surface area contributed by atoms with Gasteiger partial charge in [-0.05, 0) is 60.4 Å². The van der Waals surface area contributed by atoms with Gasteiger partial charge in [-0.25, -0.2) is 0 Å². The van der Waals surface area contributed by atoms with E-state index in [9.17, 15) is 0 Å². The normalized spacial score (nSPS) is 29.4. The molecule has 0 saturated carbocycles. The highest BCUT2D eigenvalue weighted by Crippen LogP contribution is 2.09. The van der Waals surface area contributed by atoms with Crippen molar-refractivity contribution in [3.05, 3.63) is 0 Å². The van der Waals surface area contributed by atoms with E-state index < -0.39 is 0 Å². The van der Waals surface area contributed by atoms with Gasteiger partial charge in [-0.3, -0.25) is 4.90 Å². The molecule has 1 saturated heterocycles. The van der Waals surface area contributed by atoms with Crippen molar-refractivity contribution in [3.8, 4) is 0 Å². The molecule has 3 heteroatoms. The lowest BCUT2D eigenvalue weighted by atomic mass is 10.2. The Bertz CT molecular complexity index is 170. The summed E-state index contributed by atoms with van der Waals surface area (Å²) < 4.78 is 0. The highest BCUT2D eigenvalue weighted by molar-refractivity contribution is 4.78. The Labute approximate surface area is 94.8 Å². The summed E-state index contributed by atoms with van der Waals surface area (Å²) in [6.45, 7) is 9.46. The van der Waals surface area contributed by atoms with Gasteiger partial charge in [0.05, 0.1) is 0 Å². The van der Waals surface area contributed by atoms with Gasteiger partial charge in [-0.2, -0.15) is 0 Å². The molecule has 2 unspecified atom stereocenters. The van der Waals surface area contributed by atoms with Crippen LogP contribution in [0.4, 0.5) is 0 Å². The van der Waals surface area contributed by atoms with E-state index in [1.807, 2.05) is 0 Å². The maximum Gasteiger partial charge on any atom is 0.0166 e. The number of rotatable bonds is 4. The lowest BCUT2D eigenvalue weighted by Crippen LogP contribution is -2.39. The Hall–Kier alpha value is -0.120. The first kappa shape index (κ1) is 12.9. The van der Waals surface area contributed by atoms with Gasteiger partial charge in [0.1, 0.15) is 0 Å². The summed E-state index contributed by atoms with van der Waals surface area (Å²) in [6.07, 6.45) is 2.57. The molecule has 0 bridgehead atoms. The van der Waals surface area contributed by atoms with Crippen molar-refractivity contribution in [3.63, 3.8) is 0 Å². The van der Waals surface area contributed by atoms with Gasteiger partial charge in [0.25, 0.3) is 0 Å². The molecule has 1 N–H and O–H groups in total. The van der Waals surface area contributed by atoms with Gasteiger partial charge < -0.3 is 10.2 Å². The molecule has 0 amide bonds. The van der Waals surface area contributed by atoms with E-state index in [2.05, 4.69) is 43.1 Å². The molecule has 0 radical (unpaired) electrons.